The van der Waals surface area contributed by atoms with Gasteiger partial charge in [-0.15, -0.1) is 0 Å². The number of pyridine rings is 1. The first-order chi connectivity index (χ1) is 17.4. The number of alkyl halides is 2. The van der Waals surface area contributed by atoms with Crippen molar-refractivity contribution in [2.75, 3.05) is 19.0 Å². The van der Waals surface area contributed by atoms with E-state index in [0.29, 0.717) is 5.56 Å². The van der Waals surface area contributed by atoms with Crippen LogP contribution in [-0.2, 0) is 4.84 Å². The van der Waals surface area contributed by atoms with Crippen molar-refractivity contribution in [2.45, 2.75) is 27.2 Å². The van der Waals surface area contributed by atoms with Crippen molar-refractivity contribution in [3.05, 3.63) is 69.1 Å². The van der Waals surface area contributed by atoms with Crippen LogP contribution >= 0.6 is 23.2 Å². The van der Waals surface area contributed by atoms with Gasteiger partial charge in [0.1, 0.15) is 18.5 Å². The van der Waals surface area contributed by atoms with Gasteiger partial charge in [0.05, 0.1) is 22.5 Å². The Morgan fingerprint density at radius 2 is 1.97 bits per heavy atom. The molecule has 37 heavy (non-hydrogen) atoms. The maximum atomic E-state index is 13.5. The molecule has 13 heteroatoms. The molecular weight excluding hydrogens is 529 g/mol. The zero-order valence-electron chi connectivity index (χ0n) is 20.4. The molecule has 0 saturated carbocycles. The quantitative estimate of drug-likeness (QED) is 0.270. The van der Waals surface area contributed by atoms with Gasteiger partial charge in [0.15, 0.2) is 5.82 Å². The average molecular weight is 553 g/mol. The molecule has 0 radical (unpaired) electrons. The molecule has 0 unspecified atom stereocenters. The topological polar surface area (TPSA) is 110 Å². The highest BCUT2D eigenvalue weighted by Crippen LogP contribution is 2.28. The maximum absolute atomic E-state index is 13.5. The van der Waals surface area contributed by atoms with E-state index in [1.807, 2.05) is 13.8 Å². The third kappa shape index (κ3) is 6.80. The molecule has 2 amide bonds. The van der Waals surface area contributed by atoms with Crippen LogP contribution in [0.25, 0.3) is 5.82 Å². The van der Waals surface area contributed by atoms with Gasteiger partial charge in [-0.05, 0) is 42.8 Å². The number of hydrogen-bond donors (Lipinski definition) is 2. The predicted molar refractivity (Wildman–Crippen MR) is 137 cm³/mol. The fourth-order valence-electron chi connectivity index (χ4n) is 3.27. The number of halogens is 4. The number of aromatic nitrogens is 3. The third-order valence-electron chi connectivity index (χ3n) is 5.12. The molecule has 2 aromatic heterocycles. The molecule has 3 rings (SSSR count). The summed E-state index contributed by atoms with van der Waals surface area (Å²) in [6, 6.07) is 6.93. The number of nitrogens with one attached hydrogen (secondary N) is 2. The standard InChI is InChI=1S/C24H24Cl2F2N6O3/c1-13-8-14(25)9-15(22(35)30-11-24(2,3)12-31-37-4)19(13)32-23(36)18-10-17(20(27)28)33-34(18)21-16(26)6-5-7-29-21/h5-10,12,20H,11H2,1-4H3,(H,30,35)(H,32,36)/b31-12+. The normalized spacial score (nSPS) is 11.7. The molecule has 9 nitrogen and oxygen atoms in total. The molecule has 0 spiro atoms. The highest BCUT2D eigenvalue weighted by molar-refractivity contribution is 6.32. The summed E-state index contributed by atoms with van der Waals surface area (Å²) in [7, 11) is 1.41. The molecule has 3 aromatic rings. The van der Waals surface area contributed by atoms with Crippen molar-refractivity contribution < 1.29 is 23.2 Å². The Labute approximate surface area is 221 Å². The number of benzene rings is 1. The Morgan fingerprint density at radius 3 is 2.62 bits per heavy atom. The number of anilines is 1. The van der Waals surface area contributed by atoms with Crippen molar-refractivity contribution in [3.8, 4) is 5.82 Å². The summed E-state index contributed by atoms with van der Waals surface area (Å²) in [6.45, 7) is 5.52. The van der Waals surface area contributed by atoms with Crippen LogP contribution in [-0.4, -0.2) is 46.4 Å². The number of nitrogens with zero attached hydrogens (tertiary/aromatic N) is 4. The second-order valence-electron chi connectivity index (χ2n) is 8.66. The van der Waals surface area contributed by atoms with Crippen molar-refractivity contribution in [2.24, 2.45) is 10.6 Å². The Bertz CT molecular complexity index is 1340. The summed E-state index contributed by atoms with van der Waals surface area (Å²) in [5, 5.41) is 13.3. The number of oxime groups is 1. The third-order valence-corrected chi connectivity index (χ3v) is 5.63. The van der Waals surface area contributed by atoms with E-state index >= 15 is 0 Å². The summed E-state index contributed by atoms with van der Waals surface area (Å²) in [5.74, 6) is -1.34. The lowest BCUT2D eigenvalue weighted by atomic mass is 9.95. The summed E-state index contributed by atoms with van der Waals surface area (Å²) in [5.41, 5.74) is -0.737. The Kier molecular flexibility index (Phi) is 8.82. The Morgan fingerprint density at radius 1 is 1.24 bits per heavy atom. The van der Waals surface area contributed by atoms with Crippen molar-refractivity contribution in [1.29, 1.82) is 0 Å². The minimum atomic E-state index is -2.95. The first-order valence-electron chi connectivity index (χ1n) is 10.9. The summed E-state index contributed by atoms with van der Waals surface area (Å²) in [6.07, 6.45) is -0.0140. The Balaban J connectivity index is 1.97. The molecule has 0 saturated heterocycles. The van der Waals surface area contributed by atoms with Gasteiger partial charge < -0.3 is 15.5 Å². The number of rotatable bonds is 9. The zero-order chi connectivity index (χ0) is 27.3. The zero-order valence-corrected chi connectivity index (χ0v) is 21.9. The molecule has 0 fully saturated rings. The van der Waals surface area contributed by atoms with Crippen LogP contribution in [0.15, 0.2) is 41.7 Å². The van der Waals surface area contributed by atoms with E-state index in [2.05, 4.69) is 25.9 Å². The van der Waals surface area contributed by atoms with Crippen LogP contribution in [0.3, 0.4) is 0 Å². The molecule has 2 N–H and O–H groups in total. The fourth-order valence-corrected chi connectivity index (χ4v) is 3.75. The van der Waals surface area contributed by atoms with Crippen LogP contribution in [0, 0.1) is 12.3 Å². The Hall–Kier alpha value is -3.57. The maximum Gasteiger partial charge on any atom is 0.282 e. The molecule has 0 atom stereocenters. The summed E-state index contributed by atoms with van der Waals surface area (Å²) in [4.78, 5) is 35.2. The summed E-state index contributed by atoms with van der Waals surface area (Å²) >= 11 is 12.4. The van der Waals surface area contributed by atoms with E-state index in [4.69, 9.17) is 28.0 Å². The molecule has 0 aliphatic rings. The van der Waals surface area contributed by atoms with E-state index in [-0.39, 0.29) is 39.4 Å². The van der Waals surface area contributed by atoms with E-state index in [9.17, 15) is 18.4 Å². The largest absolute Gasteiger partial charge is 0.399 e. The molecule has 2 heterocycles. The SMILES string of the molecule is CO/N=C/C(C)(C)CNC(=O)c1cc(Cl)cc(C)c1NC(=O)c1cc(C(F)F)nn1-c1ncccc1Cl. The second-order valence-corrected chi connectivity index (χ2v) is 9.51. The van der Waals surface area contributed by atoms with Gasteiger partial charge in [0.2, 0.25) is 0 Å². The van der Waals surface area contributed by atoms with Gasteiger partial charge in [-0.2, -0.15) is 5.10 Å². The van der Waals surface area contributed by atoms with E-state index in [1.54, 1.807) is 25.3 Å². The van der Waals surface area contributed by atoms with E-state index in [0.717, 1.165) is 10.7 Å². The molecule has 1 aromatic carbocycles. The summed E-state index contributed by atoms with van der Waals surface area (Å²) < 4.78 is 27.8. The van der Waals surface area contributed by atoms with Gasteiger partial charge in [0.25, 0.3) is 18.2 Å². The van der Waals surface area contributed by atoms with Crippen LogP contribution in [0.4, 0.5) is 14.5 Å². The predicted octanol–water partition coefficient (Wildman–Crippen LogP) is 5.46. The first-order valence-corrected chi connectivity index (χ1v) is 11.7. The smallest absolute Gasteiger partial charge is 0.282 e. The lowest BCUT2D eigenvalue weighted by Crippen LogP contribution is -2.35. The minimum Gasteiger partial charge on any atom is -0.399 e. The molecule has 0 bridgehead atoms. The lowest BCUT2D eigenvalue weighted by Gasteiger charge is -2.20. The van der Waals surface area contributed by atoms with Gasteiger partial charge in [0, 0.05) is 23.2 Å². The number of carbonyl (C=O) groups excluding carboxylic acids is 2. The van der Waals surface area contributed by atoms with Crippen LogP contribution in [0.5, 0.6) is 0 Å². The fraction of sp³-hybridized carbons (Fsp3) is 0.292. The monoisotopic (exact) mass is 552 g/mol. The molecule has 196 valence electrons. The van der Waals surface area contributed by atoms with Gasteiger partial charge in [-0.1, -0.05) is 42.2 Å². The van der Waals surface area contributed by atoms with Crippen LogP contribution < -0.4 is 10.6 Å². The van der Waals surface area contributed by atoms with Crippen molar-refractivity contribution in [3.63, 3.8) is 0 Å². The van der Waals surface area contributed by atoms with Crippen LogP contribution in [0.2, 0.25) is 10.0 Å². The lowest BCUT2D eigenvalue weighted by molar-refractivity contribution is 0.0945. The number of carbonyl (C=O) groups is 2. The van der Waals surface area contributed by atoms with Gasteiger partial charge in [-0.3, -0.25) is 9.59 Å². The molecular formula is C24H24Cl2F2N6O3. The first kappa shape index (κ1) is 28.0. The highest BCUT2D eigenvalue weighted by Gasteiger charge is 2.26. The van der Waals surface area contributed by atoms with E-state index < -0.39 is 29.3 Å². The van der Waals surface area contributed by atoms with Crippen molar-refractivity contribution >= 4 is 46.9 Å². The van der Waals surface area contributed by atoms with Crippen LogP contribution in [0.1, 0.15) is 52.4 Å². The van der Waals surface area contributed by atoms with Gasteiger partial charge >= 0.3 is 0 Å². The molecule has 0 aliphatic heterocycles. The number of amides is 2. The highest BCUT2D eigenvalue weighted by atomic mass is 35.5. The minimum absolute atomic E-state index is 0.00744. The van der Waals surface area contributed by atoms with Gasteiger partial charge in [-0.25, -0.2) is 18.4 Å². The number of hydrogen-bond acceptors (Lipinski definition) is 6. The number of aryl methyl sites for hydroxylation is 1. The molecule has 0 aliphatic carbocycles. The van der Waals surface area contributed by atoms with Crippen molar-refractivity contribution in [1.82, 2.24) is 20.1 Å². The second kappa shape index (κ2) is 11.7. The average Bonchev–Trinajstić information content (AvgIpc) is 3.29. The van der Waals surface area contributed by atoms with E-state index in [1.165, 1.54) is 25.4 Å².